The summed E-state index contributed by atoms with van der Waals surface area (Å²) in [6, 6.07) is 12.8. The van der Waals surface area contributed by atoms with E-state index in [1.807, 2.05) is 54.9 Å². The van der Waals surface area contributed by atoms with E-state index in [0.29, 0.717) is 17.2 Å². The minimum absolute atomic E-state index is 0.0454. The highest BCUT2D eigenvalue weighted by Crippen LogP contribution is 2.23. The Morgan fingerprint density at radius 3 is 2.32 bits per heavy atom. The van der Waals surface area contributed by atoms with Gasteiger partial charge in [-0.1, -0.05) is 57.2 Å². The Morgan fingerprint density at radius 2 is 1.80 bits per heavy atom. The van der Waals surface area contributed by atoms with Crippen molar-refractivity contribution in [3.63, 3.8) is 0 Å². The van der Waals surface area contributed by atoms with Crippen LogP contribution in [0.1, 0.15) is 42.7 Å². The maximum Gasteiger partial charge on any atom is 0.237 e. The van der Waals surface area contributed by atoms with Gasteiger partial charge in [0.05, 0.1) is 6.54 Å². The van der Waals surface area contributed by atoms with Gasteiger partial charge in [-0.3, -0.25) is 4.79 Å². The van der Waals surface area contributed by atoms with Gasteiger partial charge in [0, 0.05) is 17.7 Å². The van der Waals surface area contributed by atoms with Gasteiger partial charge in [0.2, 0.25) is 11.8 Å². The number of carbonyl (C=O) groups is 1. The van der Waals surface area contributed by atoms with Crippen LogP contribution in [0.25, 0.3) is 0 Å². The van der Waals surface area contributed by atoms with Gasteiger partial charge in [0.15, 0.2) is 12.4 Å². The third-order valence-electron chi connectivity index (χ3n) is 3.93. The van der Waals surface area contributed by atoms with Crippen LogP contribution in [0.2, 0.25) is 0 Å². The Balaban J connectivity index is 2.40. The smallest absolute Gasteiger partial charge is 0.237 e. The molecule has 0 aliphatic heterocycles. The number of pyridine rings is 1. The Bertz CT molecular complexity index is 759. The van der Waals surface area contributed by atoms with Gasteiger partial charge >= 0.3 is 0 Å². The molecule has 0 spiro atoms. The lowest BCUT2D eigenvalue weighted by atomic mass is 9.86. The lowest BCUT2D eigenvalue weighted by Gasteiger charge is -2.20. The molecule has 130 valence electrons. The van der Waals surface area contributed by atoms with Gasteiger partial charge in [-0.2, -0.15) is 4.57 Å². The maximum absolute atomic E-state index is 13.1. The molecule has 0 saturated carbocycles. The second-order valence-electron chi connectivity index (χ2n) is 6.88. The third kappa shape index (κ3) is 4.83. The molecule has 1 atom stereocenters. The van der Waals surface area contributed by atoms with Crippen molar-refractivity contribution < 1.29 is 9.36 Å². The maximum atomic E-state index is 13.1. The molecule has 3 nitrogen and oxygen atoms in total. The first-order chi connectivity index (χ1) is 11.8. The normalized spacial score (nSPS) is 13.3. The zero-order chi connectivity index (χ0) is 18.4. The average Bonchev–Trinajstić information content (AvgIpc) is 2.60. The summed E-state index contributed by atoms with van der Waals surface area (Å²) in [6.07, 6.45) is 5.34. The lowest BCUT2D eigenvalue weighted by Crippen LogP contribution is -2.47. The summed E-state index contributed by atoms with van der Waals surface area (Å²) >= 11 is 5.43. The van der Waals surface area contributed by atoms with Crippen molar-refractivity contribution in [1.29, 1.82) is 0 Å². The first-order valence-electron chi connectivity index (χ1n) is 8.27. The number of rotatable bonds is 6. The Morgan fingerprint density at radius 1 is 1.20 bits per heavy atom. The standard InChI is InChI=1S/C21H24N2OS/c1-5-13-22-20(25)18(23-14-7-6-8-15-23)19(24)16-9-11-17(12-10-16)21(2,3)4/h5-12,14-15,18H,1,13H2,2-4H3/t18-/m1/s1. The van der Waals surface area contributed by atoms with Crippen LogP contribution in [-0.4, -0.2) is 17.4 Å². The van der Waals surface area contributed by atoms with Crippen LogP contribution in [0, 0.1) is 0 Å². The Hall–Kier alpha value is -2.33. The molecule has 0 fully saturated rings. The fourth-order valence-corrected chi connectivity index (χ4v) is 2.80. The first-order valence-corrected chi connectivity index (χ1v) is 8.68. The van der Waals surface area contributed by atoms with Crippen LogP contribution >= 0.6 is 0 Å². The minimum Gasteiger partial charge on any atom is -0.758 e. The van der Waals surface area contributed by atoms with Gasteiger partial charge < -0.3 is 17.6 Å². The van der Waals surface area contributed by atoms with Crippen molar-refractivity contribution in [2.75, 3.05) is 6.54 Å². The molecule has 0 N–H and O–H groups in total. The lowest BCUT2D eigenvalue weighted by molar-refractivity contribution is -0.691. The number of nitrogens with zero attached hydrogens (tertiary/aromatic N) is 2. The molecule has 0 radical (unpaired) electrons. The largest absolute Gasteiger partial charge is 0.758 e. The van der Waals surface area contributed by atoms with E-state index >= 15 is 0 Å². The molecule has 4 heteroatoms. The molecule has 0 unspecified atom stereocenters. The molecule has 25 heavy (non-hydrogen) atoms. The highest BCUT2D eigenvalue weighted by molar-refractivity contribution is 7.77. The van der Waals surface area contributed by atoms with Crippen molar-refractivity contribution >= 4 is 23.5 Å². The molecule has 1 aromatic carbocycles. The van der Waals surface area contributed by atoms with E-state index in [2.05, 4.69) is 32.3 Å². The van der Waals surface area contributed by atoms with E-state index in [-0.39, 0.29) is 11.2 Å². The Kier molecular flexibility index (Phi) is 6.21. The highest BCUT2D eigenvalue weighted by Gasteiger charge is 2.28. The fraction of sp³-hybridized carbons (Fsp3) is 0.286. The molecule has 1 heterocycles. The second-order valence-corrected chi connectivity index (χ2v) is 7.30. The van der Waals surface area contributed by atoms with E-state index in [1.165, 1.54) is 5.56 Å². The van der Waals surface area contributed by atoms with E-state index in [0.717, 1.165) is 0 Å². The summed E-state index contributed by atoms with van der Waals surface area (Å²) in [6.45, 7) is 10.5. The van der Waals surface area contributed by atoms with Crippen LogP contribution in [0.15, 0.2) is 72.5 Å². The molecule has 0 aliphatic carbocycles. The number of carbonyl (C=O) groups excluding carboxylic acids is 1. The summed E-state index contributed by atoms with van der Waals surface area (Å²) in [5, 5.41) is 0.362. The van der Waals surface area contributed by atoms with Gasteiger partial charge in [-0.15, -0.1) is 6.58 Å². The number of hydrogen-bond donors (Lipinski definition) is 0. The van der Waals surface area contributed by atoms with Crippen molar-refractivity contribution in [3.05, 3.63) is 78.6 Å². The molecule has 2 aromatic rings. The molecule has 0 saturated heterocycles. The predicted octanol–water partition coefficient (Wildman–Crippen LogP) is 3.83. The topological polar surface area (TPSA) is 33.3 Å². The van der Waals surface area contributed by atoms with E-state index in [1.54, 1.807) is 10.6 Å². The molecule has 2 rings (SSSR count). The van der Waals surface area contributed by atoms with Crippen LogP contribution in [0.5, 0.6) is 0 Å². The molecule has 0 aliphatic rings. The van der Waals surface area contributed by atoms with Crippen LogP contribution in [0.4, 0.5) is 0 Å². The fourth-order valence-electron chi connectivity index (χ4n) is 2.49. The van der Waals surface area contributed by atoms with Crippen molar-refractivity contribution in [3.8, 4) is 0 Å². The van der Waals surface area contributed by atoms with Gasteiger partial charge in [0.1, 0.15) is 0 Å². The van der Waals surface area contributed by atoms with Crippen LogP contribution in [-0.2, 0) is 18.0 Å². The molecule has 0 bridgehead atoms. The van der Waals surface area contributed by atoms with Crippen LogP contribution in [0.3, 0.4) is 0 Å². The highest BCUT2D eigenvalue weighted by atomic mass is 32.1. The van der Waals surface area contributed by atoms with Crippen molar-refractivity contribution in [2.24, 2.45) is 4.99 Å². The number of benzene rings is 1. The van der Waals surface area contributed by atoms with Gasteiger partial charge in [-0.05, 0) is 16.0 Å². The second kappa shape index (κ2) is 8.17. The van der Waals surface area contributed by atoms with E-state index < -0.39 is 6.04 Å². The average molecular weight is 353 g/mol. The molecular formula is C21H24N2OS. The van der Waals surface area contributed by atoms with Gasteiger partial charge in [-0.25, -0.2) is 0 Å². The van der Waals surface area contributed by atoms with E-state index in [4.69, 9.17) is 12.6 Å². The van der Waals surface area contributed by atoms with Crippen molar-refractivity contribution in [1.82, 2.24) is 0 Å². The summed E-state index contributed by atoms with van der Waals surface area (Å²) in [7, 11) is 0. The van der Waals surface area contributed by atoms with Crippen LogP contribution < -0.4 is 4.57 Å². The number of aromatic nitrogens is 1. The van der Waals surface area contributed by atoms with E-state index in [9.17, 15) is 4.79 Å². The van der Waals surface area contributed by atoms with Gasteiger partial charge in [0.25, 0.3) is 0 Å². The molecular weight excluding hydrogens is 328 g/mol. The molecule has 0 amide bonds. The SMILES string of the molecule is C=CCN=C([S-])[C@@H](C(=O)c1ccc(C(C)(C)C)cc1)[n+]1ccccc1. The summed E-state index contributed by atoms with van der Waals surface area (Å²) in [5.41, 5.74) is 1.86. The number of Topliss-reactive ketones (excluding diaryl/α,β-unsaturated/α-hetero) is 1. The quantitative estimate of drug-likeness (QED) is 0.198. The number of aliphatic imine (C=N–C) groups is 1. The monoisotopic (exact) mass is 352 g/mol. The minimum atomic E-state index is -0.628. The first kappa shape index (κ1) is 19.0. The van der Waals surface area contributed by atoms with Crippen molar-refractivity contribution in [2.45, 2.75) is 32.2 Å². The Labute approximate surface area is 155 Å². The number of hydrogen-bond acceptors (Lipinski definition) is 3. The zero-order valence-corrected chi connectivity index (χ0v) is 15.8. The summed E-state index contributed by atoms with van der Waals surface area (Å²) in [4.78, 5) is 17.4. The predicted molar refractivity (Wildman–Crippen MR) is 105 cm³/mol. The zero-order valence-electron chi connectivity index (χ0n) is 15.0. The summed E-state index contributed by atoms with van der Waals surface area (Å²) < 4.78 is 1.80. The third-order valence-corrected chi connectivity index (χ3v) is 4.28. The summed E-state index contributed by atoms with van der Waals surface area (Å²) in [5.74, 6) is -0.0607. The molecule has 1 aromatic heterocycles. The number of ketones is 1.